The standard InChI is InChI=1S/C18H12BrF2NO/c1-10(8-22)17-14-3-2-11(7-19)4-12(14)9-23-16-6-13(20)5-15(21)18(16)17/h2-6H,7,9H2,1H3. The number of halogens is 3. The van der Waals surface area contributed by atoms with Crippen LogP contribution in [0.5, 0.6) is 5.75 Å². The van der Waals surface area contributed by atoms with E-state index in [0.717, 1.165) is 28.8 Å². The van der Waals surface area contributed by atoms with E-state index in [-0.39, 0.29) is 17.9 Å². The maximum Gasteiger partial charge on any atom is 0.137 e. The van der Waals surface area contributed by atoms with Crippen molar-refractivity contribution < 1.29 is 13.5 Å². The fourth-order valence-electron chi connectivity index (χ4n) is 2.74. The van der Waals surface area contributed by atoms with E-state index >= 15 is 0 Å². The Balaban J connectivity index is 2.35. The van der Waals surface area contributed by atoms with E-state index in [0.29, 0.717) is 16.5 Å². The highest BCUT2D eigenvalue weighted by Gasteiger charge is 2.25. The Kier molecular flexibility index (Phi) is 4.18. The van der Waals surface area contributed by atoms with Gasteiger partial charge in [-0.15, -0.1) is 0 Å². The number of ether oxygens (including phenoxy) is 1. The molecule has 0 radical (unpaired) electrons. The largest absolute Gasteiger partial charge is 0.488 e. The van der Waals surface area contributed by atoms with Crippen molar-refractivity contribution in [2.75, 3.05) is 0 Å². The average Bonchev–Trinajstić information content (AvgIpc) is 2.70. The van der Waals surface area contributed by atoms with Gasteiger partial charge in [0, 0.05) is 28.6 Å². The van der Waals surface area contributed by atoms with E-state index in [2.05, 4.69) is 22.0 Å². The third-order valence-electron chi connectivity index (χ3n) is 3.79. The highest BCUT2D eigenvalue weighted by Crippen LogP contribution is 2.40. The lowest BCUT2D eigenvalue weighted by molar-refractivity contribution is 0.303. The monoisotopic (exact) mass is 375 g/mol. The van der Waals surface area contributed by atoms with Crippen molar-refractivity contribution in [3.63, 3.8) is 0 Å². The van der Waals surface area contributed by atoms with Crippen LogP contribution in [0.3, 0.4) is 0 Å². The van der Waals surface area contributed by atoms with Gasteiger partial charge in [0.05, 0.1) is 11.6 Å². The van der Waals surface area contributed by atoms with E-state index in [1.165, 1.54) is 0 Å². The smallest absolute Gasteiger partial charge is 0.137 e. The summed E-state index contributed by atoms with van der Waals surface area (Å²) >= 11 is 3.40. The van der Waals surface area contributed by atoms with Gasteiger partial charge in [0.15, 0.2) is 0 Å². The topological polar surface area (TPSA) is 33.0 Å². The Morgan fingerprint density at radius 1 is 1.30 bits per heavy atom. The summed E-state index contributed by atoms with van der Waals surface area (Å²) in [5.74, 6) is -1.33. The molecule has 1 aliphatic heterocycles. The number of nitriles is 1. The second-order valence-corrected chi connectivity index (χ2v) is 5.85. The summed E-state index contributed by atoms with van der Waals surface area (Å²) in [7, 11) is 0. The van der Waals surface area contributed by atoms with Crippen LogP contribution in [0, 0.1) is 23.0 Å². The van der Waals surface area contributed by atoms with Crippen molar-refractivity contribution in [1.82, 2.24) is 0 Å². The minimum Gasteiger partial charge on any atom is -0.488 e. The lowest BCUT2D eigenvalue weighted by Crippen LogP contribution is -1.98. The van der Waals surface area contributed by atoms with E-state index < -0.39 is 11.6 Å². The molecule has 0 spiro atoms. The number of fused-ring (bicyclic) bond motifs is 2. The zero-order chi connectivity index (χ0) is 16.6. The van der Waals surface area contributed by atoms with Crippen LogP contribution in [-0.2, 0) is 11.9 Å². The van der Waals surface area contributed by atoms with Gasteiger partial charge in [0.1, 0.15) is 24.0 Å². The van der Waals surface area contributed by atoms with Gasteiger partial charge in [-0.3, -0.25) is 0 Å². The van der Waals surface area contributed by atoms with Crippen molar-refractivity contribution in [1.29, 1.82) is 5.26 Å². The van der Waals surface area contributed by atoms with Gasteiger partial charge in [-0.05, 0) is 23.6 Å². The first-order chi connectivity index (χ1) is 11.0. The van der Waals surface area contributed by atoms with Crippen molar-refractivity contribution in [2.45, 2.75) is 18.9 Å². The summed E-state index contributed by atoms with van der Waals surface area (Å²) in [6.45, 7) is 1.81. The van der Waals surface area contributed by atoms with Crippen LogP contribution in [0.1, 0.15) is 29.2 Å². The predicted molar refractivity (Wildman–Crippen MR) is 87.1 cm³/mol. The third kappa shape index (κ3) is 2.75. The highest BCUT2D eigenvalue weighted by atomic mass is 79.9. The minimum atomic E-state index is -0.734. The van der Waals surface area contributed by atoms with Crippen LogP contribution in [0.2, 0.25) is 0 Å². The molecule has 0 atom stereocenters. The average molecular weight is 376 g/mol. The van der Waals surface area contributed by atoms with Gasteiger partial charge in [0.2, 0.25) is 0 Å². The zero-order valence-corrected chi connectivity index (χ0v) is 13.9. The quantitative estimate of drug-likeness (QED) is 0.513. The third-order valence-corrected chi connectivity index (χ3v) is 4.44. The zero-order valence-electron chi connectivity index (χ0n) is 12.3. The maximum absolute atomic E-state index is 14.4. The molecule has 0 aliphatic carbocycles. The number of alkyl halides is 1. The fourth-order valence-corrected chi connectivity index (χ4v) is 3.08. The maximum atomic E-state index is 14.4. The summed E-state index contributed by atoms with van der Waals surface area (Å²) in [5, 5.41) is 10.00. The second kappa shape index (κ2) is 6.13. The minimum absolute atomic E-state index is 0.115. The molecule has 0 aromatic heterocycles. The van der Waals surface area contributed by atoms with Gasteiger partial charge in [-0.2, -0.15) is 5.26 Å². The van der Waals surface area contributed by atoms with Crippen LogP contribution in [0.4, 0.5) is 8.78 Å². The van der Waals surface area contributed by atoms with Gasteiger partial charge >= 0.3 is 0 Å². The molecule has 116 valence electrons. The SMILES string of the molecule is CC(C#N)=C1c2ccc(CBr)cc2COc2cc(F)cc(F)c21. The van der Waals surface area contributed by atoms with Gasteiger partial charge in [-0.1, -0.05) is 34.1 Å². The van der Waals surface area contributed by atoms with Crippen LogP contribution >= 0.6 is 15.9 Å². The number of hydrogen-bond donors (Lipinski definition) is 0. The van der Waals surface area contributed by atoms with Crippen LogP contribution in [0.15, 0.2) is 35.9 Å². The predicted octanol–water partition coefficient (Wildman–Crippen LogP) is 5.10. The number of nitrogens with zero attached hydrogens (tertiary/aromatic N) is 1. The molecule has 0 saturated carbocycles. The molecule has 0 saturated heterocycles. The van der Waals surface area contributed by atoms with E-state index in [4.69, 9.17) is 4.74 Å². The normalized spacial score (nSPS) is 14.9. The summed E-state index contributed by atoms with van der Waals surface area (Å²) in [4.78, 5) is 0. The molecule has 1 aliphatic rings. The Labute approximate surface area is 141 Å². The molecular formula is C18H12BrF2NO. The molecule has 0 unspecified atom stereocenters. The number of hydrogen-bond acceptors (Lipinski definition) is 2. The lowest BCUT2D eigenvalue weighted by atomic mass is 9.90. The van der Waals surface area contributed by atoms with Gasteiger partial charge < -0.3 is 4.74 Å². The molecular weight excluding hydrogens is 364 g/mol. The first-order valence-electron chi connectivity index (χ1n) is 6.96. The molecule has 0 N–H and O–H groups in total. The summed E-state index contributed by atoms with van der Waals surface area (Å²) < 4.78 is 33.6. The summed E-state index contributed by atoms with van der Waals surface area (Å²) in [6.07, 6.45) is 0. The van der Waals surface area contributed by atoms with Crippen LogP contribution in [-0.4, -0.2) is 0 Å². The van der Waals surface area contributed by atoms with Crippen molar-refractivity contribution in [3.8, 4) is 11.8 Å². The van der Waals surface area contributed by atoms with Crippen molar-refractivity contribution >= 4 is 21.5 Å². The van der Waals surface area contributed by atoms with Crippen LogP contribution in [0.25, 0.3) is 5.57 Å². The summed E-state index contributed by atoms with van der Waals surface area (Å²) in [6, 6.07) is 9.73. The Bertz CT molecular complexity index is 868. The Hall–Kier alpha value is -2.19. The molecule has 0 amide bonds. The van der Waals surface area contributed by atoms with E-state index in [1.807, 2.05) is 18.2 Å². The summed E-state index contributed by atoms with van der Waals surface area (Å²) in [5.41, 5.74) is 3.55. The fraction of sp³-hybridized carbons (Fsp3) is 0.167. The number of allylic oxidation sites excluding steroid dienone is 1. The van der Waals surface area contributed by atoms with Crippen LogP contribution < -0.4 is 4.74 Å². The van der Waals surface area contributed by atoms with E-state index in [1.54, 1.807) is 6.92 Å². The Morgan fingerprint density at radius 2 is 2.09 bits per heavy atom. The first kappa shape index (κ1) is 15.7. The number of benzene rings is 2. The van der Waals surface area contributed by atoms with Crippen molar-refractivity contribution in [2.24, 2.45) is 0 Å². The molecule has 0 bridgehead atoms. The highest BCUT2D eigenvalue weighted by molar-refractivity contribution is 9.08. The molecule has 2 nitrogen and oxygen atoms in total. The molecule has 2 aromatic carbocycles. The van der Waals surface area contributed by atoms with Gasteiger partial charge in [0.25, 0.3) is 0 Å². The van der Waals surface area contributed by atoms with E-state index in [9.17, 15) is 14.0 Å². The molecule has 3 rings (SSSR count). The molecule has 1 heterocycles. The molecule has 5 heteroatoms. The molecule has 2 aromatic rings. The Morgan fingerprint density at radius 3 is 2.78 bits per heavy atom. The van der Waals surface area contributed by atoms with Crippen molar-refractivity contribution in [3.05, 3.63) is 69.8 Å². The second-order valence-electron chi connectivity index (χ2n) is 5.29. The lowest BCUT2D eigenvalue weighted by Gasteiger charge is -2.13. The van der Waals surface area contributed by atoms with Gasteiger partial charge in [-0.25, -0.2) is 8.78 Å². The molecule has 23 heavy (non-hydrogen) atoms. The number of rotatable bonds is 1. The first-order valence-corrected chi connectivity index (χ1v) is 8.08. The molecule has 0 fully saturated rings.